The fraction of sp³-hybridized carbons (Fsp3) is 0.545. The molecule has 9 nitrogen and oxygen atoms in total. The molecule has 2 saturated heterocycles. The van der Waals surface area contributed by atoms with E-state index in [1.54, 1.807) is 0 Å². The second-order valence-corrected chi connectivity index (χ2v) is 8.46. The average Bonchev–Trinajstić information content (AvgIpc) is 3.44. The quantitative estimate of drug-likeness (QED) is 0.703. The number of hydrogen-bond donors (Lipinski definition) is 0. The Labute approximate surface area is 182 Å². The van der Waals surface area contributed by atoms with Gasteiger partial charge in [0.05, 0.1) is 6.54 Å². The summed E-state index contributed by atoms with van der Waals surface area (Å²) in [5, 5.41) is 0. The number of carbonyl (C=O) groups excluding carboxylic acids is 1. The van der Waals surface area contributed by atoms with Gasteiger partial charge in [0, 0.05) is 58.9 Å². The topological polar surface area (TPSA) is 74.5 Å². The Hall–Kier alpha value is -2.62. The first-order valence-electron chi connectivity index (χ1n) is 10.9. The molecule has 0 radical (unpaired) electrons. The van der Waals surface area contributed by atoms with Crippen LogP contribution in [0.25, 0.3) is 0 Å². The number of ether oxygens (including phenoxy) is 2. The fourth-order valence-electron chi connectivity index (χ4n) is 4.25. The van der Waals surface area contributed by atoms with Gasteiger partial charge in [0.2, 0.25) is 12.7 Å². The van der Waals surface area contributed by atoms with Gasteiger partial charge in [0.25, 0.3) is 5.91 Å². The van der Waals surface area contributed by atoms with Crippen LogP contribution in [-0.4, -0.2) is 96.7 Å². The molecule has 9 heteroatoms. The van der Waals surface area contributed by atoms with E-state index in [4.69, 9.17) is 13.9 Å². The minimum Gasteiger partial charge on any atom is -0.454 e. The van der Waals surface area contributed by atoms with Crippen LogP contribution in [0.15, 0.2) is 28.9 Å². The number of likely N-dealkylation sites (N-methyl/N-ethyl adjacent to an activating group) is 1. The molecule has 0 atom stereocenters. The summed E-state index contributed by atoms with van der Waals surface area (Å²) in [6.07, 6.45) is 1.51. The molecule has 0 unspecified atom stereocenters. The molecule has 166 valence electrons. The van der Waals surface area contributed by atoms with Crippen molar-refractivity contribution in [3.8, 4) is 11.5 Å². The fourth-order valence-corrected chi connectivity index (χ4v) is 4.25. The summed E-state index contributed by atoms with van der Waals surface area (Å²) in [6.45, 7) is 8.93. The van der Waals surface area contributed by atoms with E-state index in [0.717, 1.165) is 70.4 Å². The zero-order valence-corrected chi connectivity index (χ0v) is 18.0. The molecule has 1 aromatic carbocycles. The van der Waals surface area contributed by atoms with Crippen LogP contribution in [0.4, 0.5) is 0 Å². The molecule has 2 fully saturated rings. The van der Waals surface area contributed by atoms with E-state index in [0.29, 0.717) is 24.9 Å². The van der Waals surface area contributed by atoms with Crippen LogP contribution in [0.2, 0.25) is 0 Å². The Morgan fingerprint density at radius 2 is 1.65 bits per heavy atom. The molecule has 0 spiro atoms. The number of benzene rings is 1. The van der Waals surface area contributed by atoms with Crippen molar-refractivity contribution in [3.05, 3.63) is 41.6 Å². The second kappa shape index (κ2) is 8.86. The molecule has 1 aromatic heterocycles. The third-order valence-corrected chi connectivity index (χ3v) is 6.23. The number of aromatic nitrogens is 1. The van der Waals surface area contributed by atoms with Crippen LogP contribution in [0, 0.1) is 0 Å². The zero-order valence-electron chi connectivity index (χ0n) is 18.0. The molecule has 31 heavy (non-hydrogen) atoms. The van der Waals surface area contributed by atoms with Crippen LogP contribution in [0.1, 0.15) is 21.9 Å². The summed E-state index contributed by atoms with van der Waals surface area (Å²) in [5.74, 6) is 2.24. The highest BCUT2D eigenvalue weighted by Gasteiger charge is 2.24. The van der Waals surface area contributed by atoms with Crippen molar-refractivity contribution in [3.63, 3.8) is 0 Å². The number of piperazine rings is 2. The lowest BCUT2D eigenvalue weighted by Gasteiger charge is -2.34. The van der Waals surface area contributed by atoms with Gasteiger partial charge >= 0.3 is 0 Å². The Bertz CT molecular complexity index is 916. The van der Waals surface area contributed by atoms with Gasteiger partial charge in [-0.1, -0.05) is 6.07 Å². The first-order chi connectivity index (χ1) is 15.1. The van der Waals surface area contributed by atoms with E-state index in [2.05, 4.69) is 38.9 Å². The minimum atomic E-state index is -0.0309. The Morgan fingerprint density at radius 3 is 2.42 bits per heavy atom. The van der Waals surface area contributed by atoms with Gasteiger partial charge in [-0.05, 0) is 24.7 Å². The Kier molecular flexibility index (Phi) is 5.80. The van der Waals surface area contributed by atoms with Crippen LogP contribution in [-0.2, 0) is 13.1 Å². The van der Waals surface area contributed by atoms with Gasteiger partial charge in [0.1, 0.15) is 6.26 Å². The summed E-state index contributed by atoms with van der Waals surface area (Å²) in [7, 11) is 2.07. The number of rotatable bonds is 5. The van der Waals surface area contributed by atoms with E-state index >= 15 is 0 Å². The molecule has 3 aliphatic heterocycles. The molecule has 2 aromatic rings. The van der Waals surface area contributed by atoms with Gasteiger partial charge in [-0.25, -0.2) is 4.98 Å². The van der Waals surface area contributed by atoms with Crippen LogP contribution in [0.3, 0.4) is 0 Å². The molecular formula is C22H29N5O4. The standard InChI is InChI=1S/C22H29N5O4/c1-24-4-10-27(11-5-24)22(28)18-15-29-21(23-18)14-26-8-6-25(7-9-26)13-17-2-3-19-20(12-17)31-16-30-19/h2-3,12,15H,4-11,13-14,16H2,1H3. The van der Waals surface area contributed by atoms with Gasteiger partial charge in [-0.2, -0.15) is 0 Å². The Balaban J connectivity index is 1.10. The van der Waals surface area contributed by atoms with Crippen molar-refractivity contribution in [1.82, 2.24) is 24.6 Å². The van der Waals surface area contributed by atoms with E-state index in [1.807, 2.05) is 11.0 Å². The number of oxazole rings is 1. The van der Waals surface area contributed by atoms with Crippen LogP contribution >= 0.6 is 0 Å². The molecule has 4 heterocycles. The van der Waals surface area contributed by atoms with Crippen molar-refractivity contribution in [1.29, 1.82) is 0 Å². The number of carbonyl (C=O) groups is 1. The van der Waals surface area contributed by atoms with Crippen molar-refractivity contribution in [2.24, 2.45) is 0 Å². The summed E-state index contributed by atoms with van der Waals surface area (Å²) in [5.41, 5.74) is 1.65. The van der Waals surface area contributed by atoms with Gasteiger partial charge in [-0.3, -0.25) is 14.6 Å². The Morgan fingerprint density at radius 1 is 0.935 bits per heavy atom. The predicted octanol–water partition coefficient (Wildman–Crippen LogP) is 1.11. The zero-order chi connectivity index (χ0) is 21.2. The van der Waals surface area contributed by atoms with Gasteiger partial charge in [0.15, 0.2) is 17.2 Å². The lowest BCUT2D eigenvalue weighted by Crippen LogP contribution is -2.47. The lowest BCUT2D eigenvalue weighted by molar-refractivity contribution is 0.0658. The summed E-state index contributed by atoms with van der Waals surface area (Å²) < 4.78 is 16.5. The summed E-state index contributed by atoms with van der Waals surface area (Å²) >= 11 is 0. The minimum absolute atomic E-state index is 0.0309. The molecule has 0 bridgehead atoms. The van der Waals surface area contributed by atoms with Crippen molar-refractivity contribution in [2.75, 3.05) is 66.2 Å². The van der Waals surface area contributed by atoms with Crippen molar-refractivity contribution < 1.29 is 18.7 Å². The molecule has 5 rings (SSSR count). The highest BCUT2D eigenvalue weighted by atomic mass is 16.7. The molecule has 0 aliphatic carbocycles. The summed E-state index contributed by atoms with van der Waals surface area (Å²) in [4.78, 5) is 26.0. The SMILES string of the molecule is CN1CCN(C(=O)c2coc(CN3CCN(Cc4ccc5c(c4)OCO5)CC3)n2)CC1. The van der Waals surface area contributed by atoms with Crippen LogP contribution in [0.5, 0.6) is 11.5 Å². The molecule has 3 aliphatic rings. The van der Waals surface area contributed by atoms with Gasteiger partial charge < -0.3 is 23.7 Å². The largest absolute Gasteiger partial charge is 0.454 e. The first kappa shape index (κ1) is 20.3. The van der Waals surface area contributed by atoms with E-state index < -0.39 is 0 Å². The number of hydrogen-bond acceptors (Lipinski definition) is 8. The number of nitrogens with zero attached hydrogens (tertiary/aromatic N) is 5. The highest BCUT2D eigenvalue weighted by molar-refractivity contribution is 5.92. The predicted molar refractivity (Wildman–Crippen MR) is 113 cm³/mol. The van der Waals surface area contributed by atoms with Crippen molar-refractivity contribution in [2.45, 2.75) is 13.1 Å². The average molecular weight is 428 g/mol. The normalized spacial score (nSPS) is 20.4. The highest BCUT2D eigenvalue weighted by Crippen LogP contribution is 2.32. The number of amides is 1. The molecule has 0 saturated carbocycles. The maximum absolute atomic E-state index is 12.6. The molecule has 0 N–H and O–H groups in total. The number of fused-ring (bicyclic) bond motifs is 1. The second-order valence-electron chi connectivity index (χ2n) is 8.46. The first-order valence-corrected chi connectivity index (χ1v) is 10.9. The van der Waals surface area contributed by atoms with E-state index in [1.165, 1.54) is 11.8 Å². The smallest absolute Gasteiger partial charge is 0.275 e. The molecule has 1 amide bonds. The van der Waals surface area contributed by atoms with Gasteiger partial charge in [-0.15, -0.1) is 0 Å². The van der Waals surface area contributed by atoms with E-state index in [-0.39, 0.29) is 5.91 Å². The van der Waals surface area contributed by atoms with Crippen molar-refractivity contribution >= 4 is 5.91 Å². The molecular weight excluding hydrogens is 398 g/mol. The van der Waals surface area contributed by atoms with Crippen LogP contribution < -0.4 is 9.47 Å². The monoisotopic (exact) mass is 427 g/mol. The third-order valence-electron chi connectivity index (χ3n) is 6.23. The maximum Gasteiger partial charge on any atom is 0.275 e. The third kappa shape index (κ3) is 4.68. The van der Waals surface area contributed by atoms with E-state index in [9.17, 15) is 4.79 Å². The lowest BCUT2D eigenvalue weighted by atomic mass is 10.1. The maximum atomic E-state index is 12.6. The summed E-state index contributed by atoms with van der Waals surface area (Å²) in [6, 6.07) is 6.16.